The number of nitrogens with two attached hydrogens (primary N) is 1. The van der Waals surface area contributed by atoms with Gasteiger partial charge in [0.1, 0.15) is 0 Å². The summed E-state index contributed by atoms with van der Waals surface area (Å²) in [4.78, 5) is 4.40. The van der Waals surface area contributed by atoms with Crippen molar-refractivity contribution in [3.8, 4) is 0 Å². The lowest BCUT2D eigenvalue weighted by Crippen LogP contribution is -2.18. The summed E-state index contributed by atoms with van der Waals surface area (Å²) >= 11 is 0. The van der Waals surface area contributed by atoms with Crippen LogP contribution in [0.1, 0.15) is 18.2 Å². The second kappa shape index (κ2) is 3.99. The average Bonchev–Trinajstić information content (AvgIpc) is 2.16. The maximum Gasteiger partial charge on any atom is 0.0497 e. The van der Waals surface area contributed by atoms with Crippen molar-refractivity contribution in [3.05, 3.63) is 41.7 Å². The third kappa shape index (κ3) is 2.16. The van der Waals surface area contributed by atoms with Gasteiger partial charge in [-0.1, -0.05) is 23.8 Å². The Kier molecular flexibility index (Phi) is 2.69. The summed E-state index contributed by atoms with van der Waals surface area (Å²) in [5.41, 5.74) is 8.18. The predicted octanol–water partition coefficient (Wildman–Crippen LogP) is 2.43. The zero-order valence-corrected chi connectivity index (χ0v) is 9.20. The molecule has 0 aliphatic rings. The highest BCUT2D eigenvalue weighted by Gasteiger charge is 2.04. The minimum atomic E-state index is 0.157. The fourth-order valence-electron chi connectivity index (χ4n) is 1.83. The van der Waals surface area contributed by atoms with E-state index in [2.05, 4.69) is 30.1 Å². The van der Waals surface area contributed by atoms with Gasteiger partial charge in [-0.25, -0.2) is 0 Å². The monoisotopic (exact) mass is 200 g/mol. The first-order valence-electron chi connectivity index (χ1n) is 5.26. The minimum absolute atomic E-state index is 0.157. The number of aryl methyl sites for hydroxylation is 1. The summed E-state index contributed by atoms with van der Waals surface area (Å²) < 4.78 is 0. The van der Waals surface area contributed by atoms with Gasteiger partial charge < -0.3 is 5.73 Å². The van der Waals surface area contributed by atoms with Crippen LogP contribution in [0.15, 0.2) is 30.5 Å². The molecule has 1 aromatic heterocycles. The molecule has 0 aliphatic heterocycles. The first-order valence-corrected chi connectivity index (χ1v) is 5.26. The molecular weight excluding hydrogens is 184 g/mol. The van der Waals surface area contributed by atoms with Gasteiger partial charge in [-0.05, 0) is 25.3 Å². The van der Waals surface area contributed by atoms with Gasteiger partial charge in [0, 0.05) is 29.7 Å². The van der Waals surface area contributed by atoms with Crippen LogP contribution in [0.3, 0.4) is 0 Å². The smallest absolute Gasteiger partial charge is 0.0497 e. The maximum atomic E-state index is 5.81. The molecule has 2 N–H and O–H groups in total. The number of pyridine rings is 1. The number of hydrogen-bond acceptors (Lipinski definition) is 2. The zero-order valence-electron chi connectivity index (χ0n) is 9.20. The lowest BCUT2D eigenvalue weighted by atomic mass is 10.0. The van der Waals surface area contributed by atoms with Crippen LogP contribution in [0.5, 0.6) is 0 Å². The molecule has 1 heterocycles. The Morgan fingerprint density at radius 1 is 1.33 bits per heavy atom. The number of hydrogen-bond donors (Lipinski definition) is 1. The molecule has 0 radical (unpaired) electrons. The molecule has 2 heteroatoms. The highest BCUT2D eigenvalue weighted by molar-refractivity contribution is 5.85. The van der Waals surface area contributed by atoms with E-state index in [0.29, 0.717) is 0 Å². The minimum Gasteiger partial charge on any atom is -0.328 e. The van der Waals surface area contributed by atoms with Gasteiger partial charge in [0.2, 0.25) is 0 Å². The second-order valence-electron chi connectivity index (χ2n) is 4.16. The number of aromatic nitrogens is 1. The van der Waals surface area contributed by atoms with Gasteiger partial charge in [-0.15, -0.1) is 0 Å². The van der Waals surface area contributed by atoms with Gasteiger partial charge in [-0.2, -0.15) is 0 Å². The van der Waals surface area contributed by atoms with E-state index < -0.39 is 0 Å². The van der Waals surface area contributed by atoms with E-state index in [1.54, 1.807) is 0 Å². The molecule has 0 saturated heterocycles. The molecule has 2 nitrogen and oxygen atoms in total. The standard InChI is InChI=1S/C13H16N2/c1-9-3-4-12-11(7-9)5-6-15-13(12)8-10(2)14/h3-7,10H,8,14H2,1-2H3. The van der Waals surface area contributed by atoms with E-state index >= 15 is 0 Å². The van der Waals surface area contributed by atoms with Crippen molar-refractivity contribution >= 4 is 10.8 Å². The lowest BCUT2D eigenvalue weighted by molar-refractivity contribution is 0.727. The van der Waals surface area contributed by atoms with E-state index in [-0.39, 0.29) is 6.04 Å². The Morgan fingerprint density at radius 3 is 2.87 bits per heavy atom. The molecule has 0 bridgehead atoms. The van der Waals surface area contributed by atoms with Crippen molar-refractivity contribution < 1.29 is 0 Å². The molecule has 2 rings (SSSR count). The molecule has 0 fully saturated rings. The van der Waals surface area contributed by atoms with Crippen LogP contribution in [-0.4, -0.2) is 11.0 Å². The summed E-state index contributed by atoms with van der Waals surface area (Å²) in [7, 11) is 0. The summed E-state index contributed by atoms with van der Waals surface area (Å²) in [6.07, 6.45) is 2.69. The maximum absolute atomic E-state index is 5.81. The van der Waals surface area contributed by atoms with Crippen LogP contribution in [0.4, 0.5) is 0 Å². The van der Waals surface area contributed by atoms with Gasteiger partial charge in [0.15, 0.2) is 0 Å². The zero-order chi connectivity index (χ0) is 10.8. The molecule has 78 valence electrons. The van der Waals surface area contributed by atoms with Crippen molar-refractivity contribution in [3.63, 3.8) is 0 Å². The largest absolute Gasteiger partial charge is 0.328 e. The molecular formula is C13H16N2. The van der Waals surface area contributed by atoms with Crippen molar-refractivity contribution in [1.82, 2.24) is 4.98 Å². The molecule has 1 unspecified atom stereocenters. The van der Waals surface area contributed by atoms with Crippen molar-refractivity contribution in [2.45, 2.75) is 26.3 Å². The van der Waals surface area contributed by atoms with Gasteiger partial charge in [-0.3, -0.25) is 4.98 Å². The topological polar surface area (TPSA) is 38.9 Å². The summed E-state index contributed by atoms with van der Waals surface area (Å²) in [6.45, 7) is 4.11. The van der Waals surface area contributed by atoms with Crippen LogP contribution in [-0.2, 0) is 6.42 Å². The quantitative estimate of drug-likeness (QED) is 0.808. The third-order valence-corrected chi connectivity index (χ3v) is 2.52. The number of nitrogens with zero attached hydrogens (tertiary/aromatic N) is 1. The van der Waals surface area contributed by atoms with Crippen molar-refractivity contribution in [2.75, 3.05) is 0 Å². The van der Waals surface area contributed by atoms with E-state index in [0.717, 1.165) is 12.1 Å². The summed E-state index contributed by atoms with van der Waals surface area (Å²) in [6, 6.07) is 8.64. The Hall–Kier alpha value is -1.41. The average molecular weight is 200 g/mol. The van der Waals surface area contributed by atoms with E-state index in [4.69, 9.17) is 5.73 Å². The Labute approximate surface area is 90.1 Å². The fourth-order valence-corrected chi connectivity index (χ4v) is 1.83. The molecule has 0 saturated carbocycles. The molecule has 0 spiro atoms. The van der Waals surface area contributed by atoms with Crippen LogP contribution in [0, 0.1) is 6.92 Å². The Balaban J connectivity index is 2.56. The first kappa shape index (κ1) is 10.1. The van der Waals surface area contributed by atoms with E-state index in [1.807, 2.05) is 19.2 Å². The van der Waals surface area contributed by atoms with Gasteiger partial charge in [0.05, 0.1) is 0 Å². The van der Waals surface area contributed by atoms with Crippen LogP contribution in [0.25, 0.3) is 10.8 Å². The predicted molar refractivity (Wildman–Crippen MR) is 63.8 cm³/mol. The van der Waals surface area contributed by atoms with Gasteiger partial charge >= 0.3 is 0 Å². The highest BCUT2D eigenvalue weighted by atomic mass is 14.7. The molecule has 0 aliphatic carbocycles. The highest BCUT2D eigenvalue weighted by Crippen LogP contribution is 2.19. The Morgan fingerprint density at radius 2 is 2.13 bits per heavy atom. The molecule has 1 aromatic carbocycles. The molecule has 2 aromatic rings. The third-order valence-electron chi connectivity index (χ3n) is 2.52. The lowest BCUT2D eigenvalue weighted by Gasteiger charge is -2.08. The SMILES string of the molecule is Cc1ccc2c(CC(C)N)nccc2c1. The molecule has 15 heavy (non-hydrogen) atoms. The van der Waals surface area contributed by atoms with Crippen LogP contribution < -0.4 is 5.73 Å². The number of rotatable bonds is 2. The van der Waals surface area contributed by atoms with Crippen molar-refractivity contribution in [2.24, 2.45) is 5.73 Å². The summed E-state index contributed by atoms with van der Waals surface area (Å²) in [5.74, 6) is 0. The normalized spacial score (nSPS) is 13.0. The Bertz CT molecular complexity index is 475. The second-order valence-corrected chi connectivity index (χ2v) is 4.16. The van der Waals surface area contributed by atoms with Crippen LogP contribution >= 0.6 is 0 Å². The first-order chi connectivity index (χ1) is 7.16. The number of benzene rings is 1. The van der Waals surface area contributed by atoms with E-state index in [1.165, 1.54) is 16.3 Å². The fraction of sp³-hybridized carbons (Fsp3) is 0.308. The summed E-state index contributed by atoms with van der Waals surface area (Å²) in [5, 5.41) is 2.47. The van der Waals surface area contributed by atoms with E-state index in [9.17, 15) is 0 Å². The van der Waals surface area contributed by atoms with Gasteiger partial charge in [0.25, 0.3) is 0 Å². The number of fused-ring (bicyclic) bond motifs is 1. The molecule has 0 amide bonds. The van der Waals surface area contributed by atoms with Crippen LogP contribution in [0.2, 0.25) is 0 Å². The molecule has 1 atom stereocenters. The van der Waals surface area contributed by atoms with Crippen molar-refractivity contribution in [1.29, 1.82) is 0 Å².